The van der Waals surface area contributed by atoms with E-state index >= 15 is 0 Å². The number of aryl methyl sites for hydroxylation is 1. The molecule has 0 radical (unpaired) electrons. The minimum Gasteiger partial charge on any atom is -0.338 e. The molecule has 0 aliphatic carbocycles. The molecular weight excluding hydrogens is 474 g/mol. The Balaban J connectivity index is 2.06. The van der Waals surface area contributed by atoms with E-state index in [1.807, 2.05) is 55.5 Å². The minimum atomic E-state index is -0.309. The van der Waals surface area contributed by atoms with Crippen LogP contribution in [0.4, 0.5) is 0 Å². The summed E-state index contributed by atoms with van der Waals surface area (Å²) in [5.41, 5.74) is 2.19. The van der Waals surface area contributed by atoms with Crippen molar-refractivity contribution in [2.75, 3.05) is 13.1 Å². The monoisotopic (exact) mass is 493 g/mol. The number of para-hydroxylation sites is 1. The van der Waals surface area contributed by atoms with Gasteiger partial charge in [0.1, 0.15) is 10.7 Å². The molecule has 1 saturated heterocycles. The first-order valence-corrected chi connectivity index (χ1v) is 11.6. The number of halogens is 1. The zero-order chi connectivity index (χ0) is 22.0. The highest BCUT2D eigenvalue weighted by atomic mass is 79.9. The number of aromatic nitrogens is 1. The first kappa shape index (κ1) is 21.3. The predicted octanol–water partition coefficient (Wildman–Crippen LogP) is 3.10. The molecule has 7 heteroatoms. The summed E-state index contributed by atoms with van der Waals surface area (Å²) in [6, 6.07) is 17.2. The average Bonchev–Trinajstić information content (AvgIpc) is 3.40. The number of rotatable bonds is 3. The SMILES string of the molecule is Cc1ccccc1-n1c(=C(C#N)C(=O)N2CCCC2)sc(=Cc2ccccc2Br)c1=O. The third kappa shape index (κ3) is 4.14. The number of carbonyl (C=O) groups is 1. The molecular formula is C24H20BrN3O2S. The summed E-state index contributed by atoms with van der Waals surface area (Å²) in [6.45, 7) is 3.19. The van der Waals surface area contributed by atoms with Gasteiger partial charge in [0.15, 0.2) is 5.57 Å². The highest BCUT2D eigenvalue weighted by Crippen LogP contribution is 2.17. The first-order chi connectivity index (χ1) is 15.0. The summed E-state index contributed by atoms with van der Waals surface area (Å²) in [6.07, 6.45) is 3.66. The number of nitriles is 1. The molecule has 0 atom stereocenters. The Hall–Kier alpha value is -2.95. The van der Waals surface area contributed by atoms with Gasteiger partial charge >= 0.3 is 0 Å². The van der Waals surface area contributed by atoms with E-state index in [1.165, 1.54) is 15.9 Å². The van der Waals surface area contributed by atoms with Crippen LogP contribution in [0.25, 0.3) is 17.3 Å². The molecule has 0 saturated carbocycles. The number of hydrogen-bond acceptors (Lipinski definition) is 4. The Kier molecular flexibility index (Phi) is 6.21. The molecule has 2 heterocycles. The number of nitrogens with zero attached hydrogens (tertiary/aromatic N) is 3. The quantitative estimate of drug-likeness (QED) is 0.562. The Morgan fingerprint density at radius 3 is 2.48 bits per heavy atom. The maximum absolute atomic E-state index is 13.5. The summed E-state index contributed by atoms with van der Waals surface area (Å²) in [5, 5.41) is 9.92. The smallest absolute Gasteiger partial charge is 0.273 e. The van der Waals surface area contributed by atoms with Gasteiger partial charge in [-0.1, -0.05) is 52.3 Å². The van der Waals surface area contributed by atoms with E-state index < -0.39 is 0 Å². The van der Waals surface area contributed by atoms with Gasteiger partial charge in [-0.2, -0.15) is 5.26 Å². The van der Waals surface area contributed by atoms with Gasteiger partial charge in [0.05, 0.1) is 10.2 Å². The summed E-state index contributed by atoms with van der Waals surface area (Å²) in [7, 11) is 0. The van der Waals surface area contributed by atoms with Crippen LogP contribution in [0.3, 0.4) is 0 Å². The third-order valence-electron chi connectivity index (χ3n) is 5.30. The van der Waals surface area contributed by atoms with Crippen molar-refractivity contribution < 1.29 is 4.79 Å². The average molecular weight is 494 g/mol. The highest BCUT2D eigenvalue weighted by Gasteiger charge is 2.24. The van der Waals surface area contributed by atoms with Crippen LogP contribution in [-0.4, -0.2) is 28.5 Å². The molecule has 0 N–H and O–H groups in total. The van der Waals surface area contributed by atoms with E-state index in [0.717, 1.165) is 28.4 Å². The Bertz CT molecular complexity index is 1370. The van der Waals surface area contributed by atoms with Crippen LogP contribution in [0.5, 0.6) is 0 Å². The van der Waals surface area contributed by atoms with Crippen molar-refractivity contribution in [3.8, 4) is 11.8 Å². The van der Waals surface area contributed by atoms with Crippen LogP contribution in [0.15, 0.2) is 57.8 Å². The summed E-state index contributed by atoms with van der Waals surface area (Å²) >= 11 is 4.70. The lowest BCUT2D eigenvalue weighted by Crippen LogP contribution is -2.35. The molecule has 2 aromatic carbocycles. The standard InChI is InChI=1S/C24H20BrN3O2S/c1-16-8-2-5-11-20(16)28-23(30)21(14-17-9-3-4-10-19(17)25)31-24(28)18(15-26)22(29)27-12-6-7-13-27/h2-5,8-11,14H,6-7,12-13H2,1H3. The molecule has 1 fully saturated rings. The summed E-state index contributed by atoms with van der Waals surface area (Å²) in [5.74, 6) is -0.309. The fourth-order valence-corrected chi connectivity index (χ4v) is 5.16. The maximum atomic E-state index is 13.5. The molecule has 1 aromatic heterocycles. The van der Waals surface area contributed by atoms with Crippen molar-refractivity contribution in [2.24, 2.45) is 0 Å². The molecule has 156 valence electrons. The van der Waals surface area contributed by atoms with Crippen molar-refractivity contribution in [3.05, 3.63) is 83.7 Å². The lowest BCUT2D eigenvalue weighted by atomic mass is 10.2. The Morgan fingerprint density at radius 1 is 1.13 bits per heavy atom. The van der Waals surface area contributed by atoms with Gasteiger partial charge in [0, 0.05) is 17.6 Å². The Labute approximate surface area is 192 Å². The van der Waals surface area contributed by atoms with Gasteiger partial charge in [-0.15, -0.1) is 11.3 Å². The number of likely N-dealkylation sites (tertiary alicyclic amines) is 1. The van der Waals surface area contributed by atoms with E-state index in [4.69, 9.17) is 0 Å². The maximum Gasteiger partial charge on any atom is 0.273 e. The molecule has 5 nitrogen and oxygen atoms in total. The number of benzene rings is 2. The second-order valence-corrected chi connectivity index (χ2v) is 9.24. The lowest BCUT2D eigenvalue weighted by Gasteiger charge is -2.14. The van der Waals surface area contributed by atoms with Gasteiger partial charge < -0.3 is 4.90 Å². The van der Waals surface area contributed by atoms with Gasteiger partial charge in [0.2, 0.25) is 0 Å². The third-order valence-corrected chi connectivity index (χ3v) is 7.12. The number of hydrogen-bond donors (Lipinski definition) is 0. The molecule has 0 unspecified atom stereocenters. The summed E-state index contributed by atoms with van der Waals surface area (Å²) < 4.78 is 3.21. The number of amides is 1. The fraction of sp³-hybridized carbons (Fsp3) is 0.208. The van der Waals surface area contributed by atoms with E-state index in [0.29, 0.717) is 28.0 Å². The van der Waals surface area contributed by atoms with Crippen molar-refractivity contribution in [2.45, 2.75) is 19.8 Å². The Morgan fingerprint density at radius 2 is 1.81 bits per heavy atom. The molecule has 0 bridgehead atoms. The molecule has 3 aromatic rings. The van der Waals surface area contributed by atoms with Crippen molar-refractivity contribution in [3.63, 3.8) is 0 Å². The van der Waals surface area contributed by atoms with Crippen molar-refractivity contribution in [1.82, 2.24) is 9.47 Å². The van der Waals surface area contributed by atoms with Crippen molar-refractivity contribution in [1.29, 1.82) is 5.26 Å². The molecule has 1 amide bonds. The fourth-order valence-electron chi connectivity index (χ4n) is 3.68. The second kappa shape index (κ2) is 9.04. The van der Waals surface area contributed by atoms with E-state index in [-0.39, 0.29) is 17.0 Å². The van der Waals surface area contributed by atoms with Crippen LogP contribution in [0.2, 0.25) is 0 Å². The number of carbonyl (C=O) groups excluding carboxylic acids is 1. The molecule has 1 aliphatic rings. The van der Waals surface area contributed by atoms with Gasteiger partial charge in [-0.25, -0.2) is 0 Å². The van der Waals surface area contributed by atoms with E-state index in [9.17, 15) is 14.9 Å². The first-order valence-electron chi connectivity index (χ1n) is 9.99. The lowest BCUT2D eigenvalue weighted by molar-refractivity contribution is -0.123. The zero-order valence-corrected chi connectivity index (χ0v) is 19.4. The molecule has 1 aliphatic heterocycles. The largest absolute Gasteiger partial charge is 0.338 e. The molecule has 31 heavy (non-hydrogen) atoms. The zero-order valence-electron chi connectivity index (χ0n) is 17.0. The van der Waals surface area contributed by atoms with Crippen LogP contribution < -0.4 is 14.8 Å². The van der Waals surface area contributed by atoms with Gasteiger partial charge in [-0.05, 0) is 49.1 Å². The topological polar surface area (TPSA) is 66.1 Å². The van der Waals surface area contributed by atoms with Crippen LogP contribution in [0, 0.1) is 18.3 Å². The second-order valence-electron chi connectivity index (χ2n) is 7.35. The van der Waals surface area contributed by atoms with Crippen molar-refractivity contribution >= 4 is 44.8 Å². The number of thiazole rings is 1. The van der Waals surface area contributed by atoms with Gasteiger partial charge in [-0.3, -0.25) is 14.2 Å². The van der Waals surface area contributed by atoms with Gasteiger partial charge in [0.25, 0.3) is 11.5 Å². The van der Waals surface area contributed by atoms with E-state index in [1.54, 1.807) is 11.0 Å². The van der Waals surface area contributed by atoms with E-state index in [2.05, 4.69) is 22.0 Å². The minimum absolute atomic E-state index is 0.0130. The molecule has 0 spiro atoms. The predicted molar refractivity (Wildman–Crippen MR) is 126 cm³/mol. The molecule has 4 rings (SSSR count). The summed E-state index contributed by atoms with van der Waals surface area (Å²) in [4.78, 5) is 28.3. The van der Waals surface area contributed by atoms with Crippen LogP contribution in [0.1, 0.15) is 24.0 Å². The normalized spacial score (nSPS) is 15.1. The van der Waals surface area contributed by atoms with Crippen LogP contribution in [-0.2, 0) is 4.79 Å². The van der Waals surface area contributed by atoms with Crippen LogP contribution >= 0.6 is 27.3 Å². The highest BCUT2D eigenvalue weighted by molar-refractivity contribution is 9.10.